The van der Waals surface area contributed by atoms with Gasteiger partial charge in [0.15, 0.2) is 11.6 Å². The summed E-state index contributed by atoms with van der Waals surface area (Å²) in [6.07, 6.45) is 4.59. The van der Waals surface area contributed by atoms with Crippen LogP contribution in [0.3, 0.4) is 0 Å². The zero-order chi connectivity index (χ0) is 44.6. The number of nitrogens with zero attached hydrogens (tertiary/aromatic N) is 6. The zero-order valence-corrected chi connectivity index (χ0v) is 36.1. The average Bonchev–Trinajstić information content (AvgIpc) is 3.87. The third-order valence-electron chi connectivity index (χ3n) is 9.34. The van der Waals surface area contributed by atoms with Crippen LogP contribution < -0.4 is 27.2 Å². The minimum Gasteiger partial charge on any atom is -0.537 e. The van der Waals surface area contributed by atoms with Gasteiger partial charge in [0.1, 0.15) is 16.9 Å². The van der Waals surface area contributed by atoms with E-state index in [0.717, 1.165) is 15.6 Å². The van der Waals surface area contributed by atoms with Crippen molar-refractivity contribution in [3.63, 3.8) is 0 Å². The summed E-state index contributed by atoms with van der Waals surface area (Å²) < 4.78 is 29.3. The lowest BCUT2D eigenvalue weighted by atomic mass is 9.97. The van der Waals surface area contributed by atoms with Crippen LogP contribution in [0, 0.1) is 34.5 Å². The van der Waals surface area contributed by atoms with Gasteiger partial charge < -0.3 is 51.1 Å². The molecule has 8 N–H and O–H groups in total. The van der Waals surface area contributed by atoms with Crippen LogP contribution in [0.15, 0.2) is 57.7 Å². The highest BCUT2D eigenvalue weighted by Gasteiger charge is 2.31. The Labute approximate surface area is 367 Å². The first-order chi connectivity index (χ1) is 29.2. The number of anilines is 3. The van der Waals surface area contributed by atoms with E-state index in [-0.39, 0.29) is 71.5 Å². The maximum absolute atomic E-state index is 11.9. The number of esters is 2. The van der Waals surface area contributed by atoms with Crippen molar-refractivity contribution in [3.05, 3.63) is 80.0 Å². The van der Waals surface area contributed by atoms with Crippen molar-refractivity contribution >= 4 is 80.6 Å². The first kappa shape index (κ1) is 47.7. The number of ether oxygens (including phenoxy) is 4. The van der Waals surface area contributed by atoms with Crippen LogP contribution in [-0.4, -0.2) is 96.7 Å². The van der Waals surface area contributed by atoms with E-state index in [1.54, 1.807) is 41.1 Å². The quantitative estimate of drug-likeness (QED) is 0.101. The van der Waals surface area contributed by atoms with Gasteiger partial charge in [0.2, 0.25) is 0 Å². The Morgan fingerprint density at radius 1 is 0.852 bits per heavy atom. The van der Waals surface area contributed by atoms with Gasteiger partial charge >= 0.3 is 19.6 Å². The van der Waals surface area contributed by atoms with Gasteiger partial charge in [0, 0.05) is 40.2 Å². The minimum atomic E-state index is -0.634. The summed E-state index contributed by atoms with van der Waals surface area (Å²) in [7, 11) is 3.28. The lowest BCUT2D eigenvalue weighted by molar-refractivity contribution is -0.140. The van der Waals surface area contributed by atoms with Crippen LogP contribution in [0.25, 0.3) is 0 Å². The third-order valence-corrected chi connectivity index (χ3v) is 10.8. The minimum absolute atomic E-state index is 0.0831. The second-order valence-corrected chi connectivity index (χ2v) is 15.0. The number of aromatic nitrogens is 4. The van der Waals surface area contributed by atoms with E-state index < -0.39 is 11.8 Å². The molecule has 2 aromatic heterocycles. The number of methoxy groups -OCH3 is 2. The van der Waals surface area contributed by atoms with Gasteiger partial charge in [-0.1, -0.05) is 44.0 Å². The standard InChI is InChI=1S/C19H20BrN5O4.C10H13N5O2.C9H9BBrO4/c1-28-17(26)6-11-2-3-13(7-15(11)20)23-19-14(18(22)27)9-25(24-19)16-10-29-5-4-12(16)8-21;11-3-6-1-2-17-5-8(6)15-4-7(10(13)16)9(12)14-15;1-14-9(12)4-6-2-3-7(15-10-13)5-8(6)11/h2-3,7,9,12,16H,4-6,10H2,1H3,(H2,22,27)(H,23,24);4,6,8H,1-2,5H2,(H2,12,14)(H2,13,16);2-3,5,13H,4H2,1H3/t12-,16?;6-,8+;/m11./s1. The van der Waals surface area contributed by atoms with Crippen molar-refractivity contribution in [2.24, 2.45) is 23.3 Å². The Balaban J connectivity index is 0.000000218. The zero-order valence-electron chi connectivity index (χ0n) is 33.0. The molecule has 1 unspecified atom stereocenters. The van der Waals surface area contributed by atoms with E-state index in [4.69, 9.17) is 41.6 Å². The van der Waals surface area contributed by atoms with Crippen molar-refractivity contribution in [2.45, 2.75) is 37.8 Å². The molecule has 2 saturated heterocycles. The number of benzene rings is 2. The molecule has 6 rings (SSSR count). The highest BCUT2D eigenvalue weighted by Crippen LogP contribution is 2.31. The van der Waals surface area contributed by atoms with Crippen molar-refractivity contribution < 1.29 is 47.8 Å². The fraction of sp³-hybridized carbons (Fsp3) is 0.368. The SMILES string of the molecule is COC(=O)Cc1ccc(Nc2nn(C3COCC[C@@H]3C#N)cc2C(N)=O)cc1Br.COC(=O)Cc1ccc(O[B]O)cc1Br.N#C[C@H]1CCOC[C@@H]1n1cc(C(N)=O)c(N)n1. The normalized spacial score (nSPS) is 18.0. The number of carbonyl (C=O) groups excluding carboxylic acids is 4. The van der Waals surface area contributed by atoms with E-state index in [1.165, 1.54) is 31.3 Å². The summed E-state index contributed by atoms with van der Waals surface area (Å²) in [6.45, 7) is 1.81. The van der Waals surface area contributed by atoms with Crippen molar-refractivity contribution in [3.8, 4) is 17.9 Å². The smallest absolute Gasteiger partial charge is 0.537 e. The second kappa shape index (κ2) is 23.1. The summed E-state index contributed by atoms with van der Waals surface area (Å²) in [5.41, 5.74) is 18.8. The molecule has 20 nitrogen and oxygen atoms in total. The second-order valence-electron chi connectivity index (χ2n) is 13.3. The number of hydrogen-bond acceptors (Lipinski definition) is 16. The largest absolute Gasteiger partial charge is 0.569 e. The van der Waals surface area contributed by atoms with Gasteiger partial charge in [0.05, 0.1) is 76.3 Å². The molecule has 2 aromatic carbocycles. The maximum Gasteiger partial charge on any atom is 0.569 e. The molecule has 4 atom stereocenters. The first-order valence-electron chi connectivity index (χ1n) is 18.3. The third kappa shape index (κ3) is 13.3. The lowest BCUT2D eigenvalue weighted by Crippen LogP contribution is -2.29. The molecule has 4 aromatic rings. The van der Waals surface area contributed by atoms with E-state index in [1.807, 2.05) is 0 Å². The molecule has 1 radical (unpaired) electrons. The van der Waals surface area contributed by atoms with Gasteiger partial charge in [-0.2, -0.15) is 20.7 Å². The van der Waals surface area contributed by atoms with Crippen molar-refractivity contribution in [1.82, 2.24) is 19.6 Å². The van der Waals surface area contributed by atoms with Gasteiger partial charge in [-0.3, -0.25) is 28.5 Å². The average molecular weight is 969 g/mol. The number of nitriles is 2. The summed E-state index contributed by atoms with van der Waals surface area (Å²) in [4.78, 5) is 45.5. The molecule has 0 bridgehead atoms. The Morgan fingerprint density at radius 2 is 1.36 bits per heavy atom. The van der Waals surface area contributed by atoms with Crippen LogP contribution in [-0.2, 0) is 41.4 Å². The molecule has 2 amide bonds. The molecule has 61 heavy (non-hydrogen) atoms. The summed E-state index contributed by atoms with van der Waals surface area (Å²) in [5, 5.41) is 38.4. The van der Waals surface area contributed by atoms with Crippen LogP contribution >= 0.6 is 31.9 Å². The number of rotatable bonds is 12. The highest BCUT2D eigenvalue weighted by molar-refractivity contribution is 9.10. The van der Waals surface area contributed by atoms with Gasteiger partial charge in [-0.05, 0) is 48.2 Å². The first-order valence-corrected chi connectivity index (χ1v) is 19.9. The number of hydrogen-bond donors (Lipinski definition) is 5. The monoisotopic (exact) mass is 967 g/mol. The molecule has 0 spiro atoms. The van der Waals surface area contributed by atoms with Gasteiger partial charge in [-0.25, -0.2) is 0 Å². The number of primary amides is 2. The van der Waals surface area contributed by atoms with Gasteiger partial charge in [-0.15, -0.1) is 0 Å². The Morgan fingerprint density at radius 3 is 1.82 bits per heavy atom. The Hall–Kier alpha value is -5.98. The summed E-state index contributed by atoms with van der Waals surface area (Å²) in [5.74, 6) is -1.51. The summed E-state index contributed by atoms with van der Waals surface area (Å²) >= 11 is 6.72. The molecule has 0 aliphatic carbocycles. The molecule has 2 aliphatic heterocycles. The molecule has 23 heteroatoms. The molecular weight excluding hydrogens is 927 g/mol. The van der Waals surface area contributed by atoms with Crippen molar-refractivity contribution in [2.75, 3.05) is 51.7 Å². The number of nitrogens with two attached hydrogens (primary N) is 3. The van der Waals surface area contributed by atoms with Crippen LogP contribution in [0.2, 0.25) is 0 Å². The maximum atomic E-state index is 11.9. The fourth-order valence-corrected chi connectivity index (χ4v) is 7.05. The van der Waals surface area contributed by atoms with Crippen LogP contribution in [0.1, 0.15) is 56.8 Å². The van der Waals surface area contributed by atoms with Gasteiger partial charge in [0.25, 0.3) is 11.8 Å². The predicted octanol–water partition coefficient (Wildman–Crippen LogP) is 3.04. The number of halogens is 2. The number of nitrogen functional groups attached to an aromatic ring is 1. The fourth-order valence-electron chi connectivity index (χ4n) is 6.03. The van der Waals surface area contributed by atoms with E-state index >= 15 is 0 Å². The molecule has 2 aliphatic rings. The number of carbonyl (C=O) groups is 4. The number of amides is 2. The van der Waals surface area contributed by atoms with Crippen LogP contribution in [0.4, 0.5) is 17.3 Å². The number of nitrogens with one attached hydrogen (secondary N) is 1. The van der Waals surface area contributed by atoms with E-state index in [2.05, 4.69) is 69.0 Å². The highest BCUT2D eigenvalue weighted by atomic mass is 79.9. The van der Waals surface area contributed by atoms with Crippen molar-refractivity contribution in [1.29, 1.82) is 10.5 Å². The summed E-state index contributed by atoms with van der Waals surface area (Å²) in [6, 6.07) is 14.3. The Kier molecular flexibility index (Phi) is 18.1. The van der Waals surface area contributed by atoms with E-state index in [9.17, 15) is 24.4 Å². The van der Waals surface area contributed by atoms with E-state index in [0.29, 0.717) is 62.9 Å². The molecule has 4 heterocycles. The Bertz CT molecular complexity index is 2280. The topological polar surface area (TPSA) is 308 Å². The molecule has 321 valence electrons. The lowest BCUT2D eigenvalue weighted by Gasteiger charge is -2.26. The molecule has 2 fully saturated rings. The van der Waals surface area contributed by atoms with Crippen LogP contribution in [0.5, 0.6) is 5.75 Å². The molecule has 0 saturated carbocycles. The molecular formula is C38H42BBr2N10O10. The predicted molar refractivity (Wildman–Crippen MR) is 225 cm³/mol.